The van der Waals surface area contributed by atoms with E-state index in [1.165, 1.54) is 32.1 Å². The Labute approximate surface area is 128 Å². The first-order valence-corrected chi connectivity index (χ1v) is 8.10. The van der Waals surface area contributed by atoms with Crippen LogP contribution in [0.3, 0.4) is 0 Å². The molecule has 1 aromatic rings. The van der Waals surface area contributed by atoms with Crippen LogP contribution in [0.2, 0.25) is 0 Å². The Morgan fingerprint density at radius 3 is 2.71 bits per heavy atom. The number of hydrogen-bond acceptors (Lipinski definition) is 4. The molecule has 0 radical (unpaired) electrons. The van der Waals surface area contributed by atoms with Gasteiger partial charge in [0.25, 0.3) is 0 Å². The Hall–Kier alpha value is -1.13. The van der Waals surface area contributed by atoms with E-state index in [2.05, 4.69) is 17.3 Å². The molecule has 1 aliphatic rings. The molecule has 118 valence electrons. The van der Waals surface area contributed by atoms with Crippen LogP contribution in [-0.2, 0) is 6.42 Å². The summed E-state index contributed by atoms with van der Waals surface area (Å²) in [5, 5.41) is 0. The maximum Gasteiger partial charge on any atom is 0.128 e. The minimum atomic E-state index is 0.296. The third-order valence-electron chi connectivity index (χ3n) is 4.82. The van der Waals surface area contributed by atoms with Crippen molar-refractivity contribution in [1.82, 2.24) is 10.4 Å². The lowest BCUT2D eigenvalue weighted by molar-refractivity contribution is 0.397. The summed E-state index contributed by atoms with van der Waals surface area (Å²) < 4.78 is 5.48. The minimum Gasteiger partial charge on any atom is -0.496 e. The van der Waals surface area contributed by atoms with Gasteiger partial charge < -0.3 is 4.74 Å². The van der Waals surface area contributed by atoms with Crippen molar-refractivity contribution in [3.8, 4) is 5.75 Å². The number of aromatic nitrogens is 1. The van der Waals surface area contributed by atoms with Crippen LogP contribution in [0.15, 0.2) is 6.20 Å². The summed E-state index contributed by atoms with van der Waals surface area (Å²) in [6, 6.07) is 0.296. The molecule has 1 aromatic heterocycles. The standard InChI is InChI=1S/C17H29N3O/c1-12-11-19-16(13(2)17(12)21-3)10-15(20-18)9-8-14-6-4-5-7-14/h11,14-15,20H,4-10,18H2,1-3H3. The highest BCUT2D eigenvalue weighted by Crippen LogP contribution is 2.30. The van der Waals surface area contributed by atoms with E-state index in [-0.39, 0.29) is 0 Å². The number of methoxy groups -OCH3 is 1. The molecule has 0 spiro atoms. The summed E-state index contributed by atoms with van der Waals surface area (Å²) in [6.45, 7) is 4.11. The molecule has 1 unspecified atom stereocenters. The first-order chi connectivity index (χ1) is 10.2. The molecule has 0 amide bonds. The number of hydrogen-bond donors (Lipinski definition) is 2. The molecule has 1 saturated carbocycles. The molecule has 21 heavy (non-hydrogen) atoms. The highest BCUT2D eigenvalue weighted by Gasteiger charge is 2.19. The van der Waals surface area contributed by atoms with Crippen LogP contribution in [0.25, 0.3) is 0 Å². The second kappa shape index (κ2) is 7.76. The Balaban J connectivity index is 1.97. The number of ether oxygens (including phenoxy) is 1. The number of rotatable bonds is 7. The average Bonchev–Trinajstić information content (AvgIpc) is 2.99. The monoisotopic (exact) mass is 291 g/mol. The van der Waals surface area contributed by atoms with E-state index >= 15 is 0 Å². The molecule has 1 aliphatic carbocycles. The maximum absolute atomic E-state index is 5.75. The van der Waals surface area contributed by atoms with Gasteiger partial charge in [0.2, 0.25) is 0 Å². The molecule has 0 aliphatic heterocycles. The number of pyridine rings is 1. The first kappa shape index (κ1) is 16.2. The van der Waals surface area contributed by atoms with Gasteiger partial charge in [0, 0.05) is 35.5 Å². The number of nitrogens with two attached hydrogens (primary N) is 1. The van der Waals surface area contributed by atoms with Crippen molar-refractivity contribution in [3.05, 3.63) is 23.0 Å². The Morgan fingerprint density at radius 2 is 2.10 bits per heavy atom. The van der Waals surface area contributed by atoms with Gasteiger partial charge >= 0.3 is 0 Å². The van der Waals surface area contributed by atoms with Crippen LogP contribution in [0, 0.1) is 19.8 Å². The highest BCUT2D eigenvalue weighted by atomic mass is 16.5. The second-order valence-corrected chi connectivity index (χ2v) is 6.34. The summed E-state index contributed by atoms with van der Waals surface area (Å²) in [5.74, 6) is 7.60. The van der Waals surface area contributed by atoms with E-state index in [9.17, 15) is 0 Å². The summed E-state index contributed by atoms with van der Waals surface area (Å²) in [4.78, 5) is 4.58. The van der Waals surface area contributed by atoms with E-state index in [1.807, 2.05) is 13.1 Å². The molecule has 0 aromatic carbocycles. The van der Waals surface area contributed by atoms with Crippen LogP contribution < -0.4 is 16.0 Å². The van der Waals surface area contributed by atoms with Crippen LogP contribution in [0.4, 0.5) is 0 Å². The van der Waals surface area contributed by atoms with Gasteiger partial charge in [0.15, 0.2) is 0 Å². The predicted octanol–water partition coefficient (Wildman–Crippen LogP) is 3.05. The lowest BCUT2D eigenvalue weighted by Crippen LogP contribution is -2.37. The quantitative estimate of drug-likeness (QED) is 0.599. The lowest BCUT2D eigenvalue weighted by Gasteiger charge is -2.20. The van der Waals surface area contributed by atoms with Gasteiger partial charge in [0.1, 0.15) is 5.75 Å². The average molecular weight is 291 g/mol. The SMILES string of the molecule is COc1c(C)cnc(CC(CCC2CCCC2)NN)c1C. The molecule has 3 N–H and O–H groups in total. The summed E-state index contributed by atoms with van der Waals surface area (Å²) >= 11 is 0. The smallest absolute Gasteiger partial charge is 0.128 e. The molecule has 0 bridgehead atoms. The van der Waals surface area contributed by atoms with Crippen molar-refractivity contribution in [1.29, 1.82) is 0 Å². The van der Waals surface area contributed by atoms with Crippen LogP contribution in [0.1, 0.15) is 55.3 Å². The first-order valence-electron chi connectivity index (χ1n) is 8.10. The zero-order valence-corrected chi connectivity index (χ0v) is 13.6. The Morgan fingerprint density at radius 1 is 1.38 bits per heavy atom. The molecule has 1 heterocycles. The topological polar surface area (TPSA) is 60.2 Å². The normalized spacial score (nSPS) is 17.1. The van der Waals surface area contributed by atoms with Crippen LogP contribution in [0.5, 0.6) is 5.75 Å². The van der Waals surface area contributed by atoms with E-state index in [4.69, 9.17) is 10.6 Å². The molecular formula is C17H29N3O. The summed E-state index contributed by atoms with van der Waals surface area (Å²) in [7, 11) is 1.72. The third-order valence-corrected chi connectivity index (χ3v) is 4.82. The number of hydrazine groups is 1. The Kier molecular flexibility index (Phi) is 6.00. The van der Waals surface area contributed by atoms with Gasteiger partial charge in [-0.15, -0.1) is 0 Å². The number of nitrogens with one attached hydrogen (secondary N) is 1. The zero-order valence-electron chi connectivity index (χ0n) is 13.6. The summed E-state index contributed by atoms with van der Waals surface area (Å²) in [6.07, 6.45) is 10.8. The molecule has 1 fully saturated rings. The van der Waals surface area contributed by atoms with Crippen LogP contribution in [-0.4, -0.2) is 18.1 Å². The molecule has 1 atom stereocenters. The van der Waals surface area contributed by atoms with E-state index in [0.717, 1.165) is 41.3 Å². The predicted molar refractivity (Wildman–Crippen MR) is 86.3 cm³/mol. The van der Waals surface area contributed by atoms with E-state index < -0.39 is 0 Å². The molecule has 2 rings (SSSR count). The fourth-order valence-electron chi connectivity index (χ4n) is 3.49. The van der Waals surface area contributed by atoms with E-state index in [1.54, 1.807) is 7.11 Å². The van der Waals surface area contributed by atoms with Crippen molar-refractivity contribution in [2.24, 2.45) is 11.8 Å². The van der Waals surface area contributed by atoms with Crippen LogP contribution >= 0.6 is 0 Å². The van der Waals surface area contributed by atoms with Gasteiger partial charge in [-0.3, -0.25) is 16.3 Å². The zero-order chi connectivity index (χ0) is 15.2. The fraction of sp³-hybridized carbons (Fsp3) is 0.706. The third kappa shape index (κ3) is 4.17. The Bertz CT molecular complexity index is 456. The maximum atomic E-state index is 5.75. The van der Waals surface area contributed by atoms with Crippen molar-refractivity contribution in [2.45, 2.75) is 64.8 Å². The highest BCUT2D eigenvalue weighted by molar-refractivity contribution is 5.41. The van der Waals surface area contributed by atoms with Gasteiger partial charge in [-0.05, 0) is 32.6 Å². The number of nitrogens with zero attached hydrogens (tertiary/aromatic N) is 1. The second-order valence-electron chi connectivity index (χ2n) is 6.34. The van der Waals surface area contributed by atoms with Crippen molar-refractivity contribution < 1.29 is 4.74 Å². The number of aryl methyl sites for hydroxylation is 1. The molecule has 0 saturated heterocycles. The fourth-order valence-corrected chi connectivity index (χ4v) is 3.49. The van der Waals surface area contributed by atoms with Crippen molar-refractivity contribution in [2.75, 3.05) is 7.11 Å². The molecular weight excluding hydrogens is 262 g/mol. The summed E-state index contributed by atoms with van der Waals surface area (Å²) in [5.41, 5.74) is 6.29. The molecule has 4 nitrogen and oxygen atoms in total. The van der Waals surface area contributed by atoms with Gasteiger partial charge in [-0.25, -0.2) is 0 Å². The minimum absolute atomic E-state index is 0.296. The lowest BCUT2D eigenvalue weighted by atomic mass is 9.95. The largest absolute Gasteiger partial charge is 0.496 e. The molecule has 4 heteroatoms. The van der Waals surface area contributed by atoms with Gasteiger partial charge in [-0.1, -0.05) is 25.7 Å². The van der Waals surface area contributed by atoms with E-state index in [0.29, 0.717) is 6.04 Å². The van der Waals surface area contributed by atoms with Crippen molar-refractivity contribution >= 4 is 0 Å². The van der Waals surface area contributed by atoms with Gasteiger partial charge in [-0.2, -0.15) is 0 Å². The van der Waals surface area contributed by atoms with Crippen molar-refractivity contribution in [3.63, 3.8) is 0 Å². The van der Waals surface area contributed by atoms with Gasteiger partial charge in [0.05, 0.1) is 7.11 Å².